The van der Waals surface area contributed by atoms with Crippen molar-refractivity contribution in [2.24, 2.45) is 0 Å². The molecule has 0 aliphatic carbocycles. The van der Waals surface area contributed by atoms with Gasteiger partial charge in [-0.05, 0) is 30.7 Å². The van der Waals surface area contributed by atoms with Crippen molar-refractivity contribution < 1.29 is 19.1 Å². The van der Waals surface area contributed by atoms with Gasteiger partial charge in [0, 0.05) is 18.3 Å². The molecule has 25 heavy (non-hydrogen) atoms. The maximum absolute atomic E-state index is 12.4. The van der Waals surface area contributed by atoms with Gasteiger partial charge < -0.3 is 15.4 Å². The number of amides is 2. The van der Waals surface area contributed by atoms with E-state index in [1.54, 1.807) is 24.3 Å². The van der Waals surface area contributed by atoms with Gasteiger partial charge in [-0.2, -0.15) is 0 Å². The number of carbonyl (C=O) groups excluding carboxylic acids is 3. The molecule has 0 bridgehead atoms. The van der Waals surface area contributed by atoms with E-state index in [1.807, 2.05) is 6.92 Å². The lowest BCUT2D eigenvalue weighted by Crippen LogP contribution is -2.25. The third kappa shape index (κ3) is 4.63. The Labute approximate surface area is 145 Å². The van der Waals surface area contributed by atoms with E-state index >= 15 is 0 Å². The number of para-hydroxylation sites is 1. The monoisotopic (exact) mass is 341 g/mol. The van der Waals surface area contributed by atoms with Gasteiger partial charge in [0.2, 0.25) is 0 Å². The summed E-state index contributed by atoms with van der Waals surface area (Å²) < 4.78 is 4.70. The van der Waals surface area contributed by atoms with Gasteiger partial charge in [-0.25, -0.2) is 4.79 Å². The predicted octanol–water partition coefficient (Wildman–Crippen LogP) is 2.26. The molecule has 2 N–H and O–H groups in total. The second-order valence-electron chi connectivity index (χ2n) is 5.18. The molecular formula is C18H19N3O4. The van der Waals surface area contributed by atoms with Crippen molar-refractivity contribution in [1.29, 1.82) is 0 Å². The zero-order valence-corrected chi connectivity index (χ0v) is 14.0. The number of rotatable bonds is 6. The number of nitrogens with zero attached hydrogens (tertiary/aromatic N) is 1. The zero-order valence-electron chi connectivity index (χ0n) is 14.0. The fourth-order valence-corrected chi connectivity index (χ4v) is 2.10. The summed E-state index contributed by atoms with van der Waals surface area (Å²) in [4.78, 5) is 40.1. The van der Waals surface area contributed by atoms with Crippen molar-refractivity contribution in [2.75, 3.05) is 19.0 Å². The Morgan fingerprint density at radius 3 is 2.60 bits per heavy atom. The number of esters is 1. The van der Waals surface area contributed by atoms with Crippen molar-refractivity contribution >= 4 is 23.5 Å². The summed E-state index contributed by atoms with van der Waals surface area (Å²) >= 11 is 0. The molecule has 2 aromatic rings. The Balaban J connectivity index is 2.20. The molecule has 0 spiro atoms. The molecule has 1 aromatic carbocycles. The highest BCUT2D eigenvalue weighted by Gasteiger charge is 2.15. The van der Waals surface area contributed by atoms with Gasteiger partial charge in [0.1, 0.15) is 5.69 Å². The van der Waals surface area contributed by atoms with E-state index in [4.69, 9.17) is 4.74 Å². The molecule has 7 nitrogen and oxygen atoms in total. The van der Waals surface area contributed by atoms with Gasteiger partial charge in [0.25, 0.3) is 11.8 Å². The highest BCUT2D eigenvalue weighted by Crippen LogP contribution is 2.17. The third-order valence-electron chi connectivity index (χ3n) is 3.37. The molecule has 0 saturated carbocycles. The number of nitrogens with one attached hydrogen (secondary N) is 2. The van der Waals surface area contributed by atoms with Crippen molar-refractivity contribution in [3.63, 3.8) is 0 Å². The molecule has 0 unspecified atom stereocenters. The molecule has 0 aliphatic heterocycles. The maximum Gasteiger partial charge on any atom is 0.339 e. The summed E-state index contributed by atoms with van der Waals surface area (Å²) in [6, 6.07) is 9.41. The molecule has 130 valence electrons. The highest BCUT2D eigenvalue weighted by molar-refractivity contribution is 6.08. The lowest BCUT2D eigenvalue weighted by Gasteiger charge is -2.10. The lowest BCUT2D eigenvalue weighted by atomic mass is 10.1. The minimum absolute atomic E-state index is 0.155. The first kappa shape index (κ1) is 18.1. The van der Waals surface area contributed by atoms with E-state index < -0.39 is 11.9 Å². The van der Waals surface area contributed by atoms with E-state index in [1.165, 1.54) is 25.4 Å². The Hall–Kier alpha value is -3.22. The minimum atomic E-state index is -0.551. The molecule has 0 radical (unpaired) electrons. The first-order valence-electron chi connectivity index (χ1n) is 7.79. The number of ether oxygens (including phenoxy) is 1. The summed E-state index contributed by atoms with van der Waals surface area (Å²) in [7, 11) is 1.27. The van der Waals surface area contributed by atoms with Crippen LogP contribution in [0.25, 0.3) is 0 Å². The SMILES string of the molecule is CCCNC(=O)c1cc(C(=O)Nc2ccccc2C(=O)OC)ccn1. The molecule has 0 saturated heterocycles. The quantitative estimate of drug-likeness (QED) is 0.786. The number of hydrogen-bond acceptors (Lipinski definition) is 5. The summed E-state index contributed by atoms with van der Waals surface area (Å²) in [5.74, 6) is -1.35. The average molecular weight is 341 g/mol. The van der Waals surface area contributed by atoms with E-state index in [0.717, 1.165) is 6.42 Å². The van der Waals surface area contributed by atoms with Crippen LogP contribution >= 0.6 is 0 Å². The Morgan fingerprint density at radius 1 is 1.12 bits per heavy atom. The van der Waals surface area contributed by atoms with E-state index in [2.05, 4.69) is 15.6 Å². The van der Waals surface area contributed by atoms with Gasteiger partial charge in [-0.15, -0.1) is 0 Å². The topological polar surface area (TPSA) is 97.4 Å². The predicted molar refractivity (Wildman–Crippen MR) is 92.6 cm³/mol. The number of carbonyl (C=O) groups is 3. The number of methoxy groups -OCH3 is 1. The summed E-state index contributed by atoms with van der Waals surface area (Å²) in [6.07, 6.45) is 2.19. The molecule has 1 heterocycles. The van der Waals surface area contributed by atoms with Crippen LogP contribution < -0.4 is 10.6 Å². The van der Waals surface area contributed by atoms with Gasteiger partial charge in [0.15, 0.2) is 0 Å². The molecular weight excluding hydrogens is 322 g/mol. The van der Waals surface area contributed by atoms with Crippen LogP contribution in [0, 0.1) is 0 Å². The number of anilines is 1. The lowest BCUT2D eigenvalue weighted by molar-refractivity contribution is 0.0601. The Bertz CT molecular complexity index is 789. The molecule has 0 aliphatic rings. The molecule has 0 atom stereocenters. The van der Waals surface area contributed by atoms with Crippen LogP contribution in [0.1, 0.15) is 44.5 Å². The number of aromatic nitrogens is 1. The summed E-state index contributed by atoms with van der Waals surface area (Å²) in [6.45, 7) is 2.47. The molecule has 1 aromatic heterocycles. The number of hydrogen-bond donors (Lipinski definition) is 2. The van der Waals surface area contributed by atoms with E-state index in [0.29, 0.717) is 12.2 Å². The fourth-order valence-electron chi connectivity index (χ4n) is 2.10. The Morgan fingerprint density at radius 2 is 1.88 bits per heavy atom. The molecule has 2 amide bonds. The van der Waals surface area contributed by atoms with Crippen LogP contribution in [-0.2, 0) is 4.74 Å². The second-order valence-corrected chi connectivity index (χ2v) is 5.18. The standard InChI is InChI=1S/C18H19N3O4/c1-3-9-20-17(23)15-11-12(8-10-19-15)16(22)21-14-7-5-4-6-13(14)18(24)25-2/h4-8,10-11H,3,9H2,1-2H3,(H,20,23)(H,21,22). The summed E-state index contributed by atoms with van der Waals surface area (Å²) in [5, 5.41) is 5.35. The highest BCUT2D eigenvalue weighted by atomic mass is 16.5. The zero-order chi connectivity index (χ0) is 18.2. The normalized spacial score (nSPS) is 10.0. The maximum atomic E-state index is 12.4. The number of benzene rings is 1. The Kier molecular flexibility index (Phi) is 6.22. The minimum Gasteiger partial charge on any atom is -0.465 e. The van der Waals surface area contributed by atoms with Crippen LogP contribution in [0.15, 0.2) is 42.6 Å². The molecule has 0 fully saturated rings. The smallest absolute Gasteiger partial charge is 0.339 e. The van der Waals surface area contributed by atoms with E-state index in [9.17, 15) is 14.4 Å². The van der Waals surface area contributed by atoms with Crippen molar-refractivity contribution in [2.45, 2.75) is 13.3 Å². The van der Waals surface area contributed by atoms with Crippen LogP contribution in [0.3, 0.4) is 0 Å². The fraction of sp³-hybridized carbons (Fsp3) is 0.222. The van der Waals surface area contributed by atoms with Crippen molar-refractivity contribution in [1.82, 2.24) is 10.3 Å². The molecule has 7 heteroatoms. The largest absolute Gasteiger partial charge is 0.465 e. The van der Waals surface area contributed by atoms with Gasteiger partial charge in [0.05, 0.1) is 18.4 Å². The van der Waals surface area contributed by atoms with Crippen LogP contribution in [-0.4, -0.2) is 36.4 Å². The van der Waals surface area contributed by atoms with Crippen molar-refractivity contribution in [3.05, 3.63) is 59.4 Å². The first-order valence-corrected chi connectivity index (χ1v) is 7.79. The van der Waals surface area contributed by atoms with Crippen LogP contribution in [0.5, 0.6) is 0 Å². The first-order chi connectivity index (χ1) is 12.1. The van der Waals surface area contributed by atoms with E-state index in [-0.39, 0.29) is 22.7 Å². The van der Waals surface area contributed by atoms with Gasteiger partial charge in [-0.1, -0.05) is 19.1 Å². The molecule has 2 rings (SSSR count). The average Bonchev–Trinajstić information content (AvgIpc) is 2.66. The number of pyridine rings is 1. The summed E-state index contributed by atoms with van der Waals surface area (Å²) in [5.41, 5.74) is 0.986. The van der Waals surface area contributed by atoms with Crippen LogP contribution in [0.4, 0.5) is 5.69 Å². The second kappa shape index (κ2) is 8.58. The van der Waals surface area contributed by atoms with Crippen molar-refractivity contribution in [3.8, 4) is 0 Å². The third-order valence-corrected chi connectivity index (χ3v) is 3.37. The van der Waals surface area contributed by atoms with Crippen LogP contribution in [0.2, 0.25) is 0 Å². The van der Waals surface area contributed by atoms with Gasteiger partial charge >= 0.3 is 5.97 Å². The van der Waals surface area contributed by atoms with Gasteiger partial charge in [-0.3, -0.25) is 14.6 Å².